The van der Waals surface area contributed by atoms with E-state index in [1.807, 2.05) is 0 Å². The molecule has 0 bridgehead atoms. The predicted molar refractivity (Wildman–Crippen MR) is 65.5 cm³/mol. The van der Waals surface area contributed by atoms with Crippen molar-refractivity contribution in [1.82, 2.24) is 0 Å². The van der Waals surface area contributed by atoms with Gasteiger partial charge in [0.2, 0.25) is 0 Å². The van der Waals surface area contributed by atoms with Gasteiger partial charge in [-0.2, -0.15) is 0 Å². The smallest absolute Gasteiger partial charge is 0.550 e. The molecule has 0 aromatic carbocycles. The number of carbonyl (C=O) groups is 2. The van der Waals surface area contributed by atoms with Gasteiger partial charge >= 0.3 is 35.5 Å². The normalized spacial score (nSPS) is 26.6. The predicted octanol–water partition coefficient (Wildman–Crippen LogP) is -1.48. The Balaban J connectivity index is 0.00000324. The summed E-state index contributed by atoms with van der Waals surface area (Å²) in [5.74, 6) is -0.170. The van der Waals surface area contributed by atoms with Gasteiger partial charge in [-0.1, -0.05) is 27.2 Å². The summed E-state index contributed by atoms with van der Waals surface area (Å²) in [5.41, 5.74) is 0. The van der Waals surface area contributed by atoms with Gasteiger partial charge in [-0.15, -0.1) is 0 Å². The summed E-state index contributed by atoms with van der Waals surface area (Å²) in [4.78, 5) is 21.9. The average Bonchev–Trinajstić information content (AvgIpc) is 2.26. The van der Waals surface area contributed by atoms with Crippen LogP contribution in [0.5, 0.6) is 0 Å². The summed E-state index contributed by atoms with van der Waals surface area (Å²) >= 11 is 0. The summed E-state index contributed by atoms with van der Waals surface area (Å²) in [6.07, 6.45) is 2.75. The Bertz CT molecular complexity index is 304. The molecule has 0 saturated heterocycles. The quantitative estimate of drug-likeness (QED) is 0.455. The van der Waals surface area contributed by atoms with E-state index in [1.54, 1.807) is 0 Å². The average molecular weight is 278 g/mol. The summed E-state index contributed by atoms with van der Waals surface area (Å²) in [7, 11) is 0. The van der Waals surface area contributed by atoms with Crippen LogP contribution in [0, 0.1) is 17.8 Å². The van der Waals surface area contributed by atoms with Crippen LogP contribution >= 0.6 is 0 Å². The van der Waals surface area contributed by atoms with Crippen LogP contribution in [0.1, 0.15) is 52.9 Å². The van der Waals surface area contributed by atoms with E-state index in [9.17, 15) is 14.7 Å². The number of carbonyl (C=O) groups excluding carboxylic acids is 2. The van der Waals surface area contributed by atoms with Crippen LogP contribution in [0.3, 0.4) is 0 Å². The van der Waals surface area contributed by atoms with Crippen LogP contribution in [-0.2, 0) is 14.3 Å². The molecule has 1 rings (SSSR count). The van der Waals surface area contributed by atoms with Gasteiger partial charge < -0.3 is 14.6 Å². The Kier molecular flexibility index (Phi) is 8.95. The van der Waals surface area contributed by atoms with Crippen molar-refractivity contribution in [2.45, 2.75) is 59.0 Å². The Labute approximate surface area is 137 Å². The fraction of sp³-hybridized carbons (Fsp3) is 0.857. The number of hydrogen-bond donors (Lipinski definition) is 0. The van der Waals surface area contributed by atoms with E-state index in [-0.39, 0.29) is 48.5 Å². The molecule has 0 aromatic heterocycles. The van der Waals surface area contributed by atoms with Crippen LogP contribution in [0.4, 0.5) is 0 Å². The first-order chi connectivity index (χ1) is 8.40. The molecule has 0 amide bonds. The molecule has 0 N–H and O–H groups in total. The first-order valence-electron chi connectivity index (χ1n) is 6.79. The van der Waals surface area contributed by atoms with Gasteiger partial charge in [0.25, 0.3) is 0 Å². The van der Waals surface area contributed by atoms with Crippen molar-refractivity contribution >= 4 is 11.9 Å². The molecule has 0 spiro atoms. The molecule has 104 valence electrons. The van der Waals surface area contributed by atoms with E-state index in [4.69, 9.17) is 4.74 Å². The fourth-order valence-corrected chi connectivity index (χ4v) is 2.68. The SMILES string of the molecule is CC(C)[C@@H]1CC[C@@H](C)C[C@H]1OC(=O)CCC(=O)[O-].[Na+]. The Morgan fingerprint density at radius 3 is 2.42 bits per heavy atom. The van der Waals surface area contributed by atoms with E-state index < -0.39 is 11.9 Å². The monoisotopic (exact) mass is 278 g/mol. The molecular formula is C14H23NaO4. The van der Waals surface area contributed by atoms with Crippen molar-refractivity contribution in [3.8, 4) is 0 Å². The molecule has 1 fully saturated rings. The molecule has 3 atom stereocenters. The number of aliphatic carboxylic acids is 1. The van der Waals surface area contributed by atoms with Gasteiger partial charge in [-0.3, -0.25) is 4.79 Å². The fourth-order valence-electron chi connectivity index (χ4n) is 2.68. The van der Waals surface area contributed by atoms with Gasteiger partial charge in [0.1, 0.15) is 6.10 Å². The number of carboxylic acids is 1. The zero-order valence-electron chi connectivity index (χ0n) is 12.5. The second kappa shape index (κ2) is 8.98. The maximum Gasteiger partial charge on any atom is 1.00 e. The number of esters is 1. The van der Waals surface area contributed by atoms with Crippen LogP contribution in [0.2, 0.25) is 0 Å². The number of carboxylic acid groups (broad SMARTS) is 1. The van der Waals surface area contributed by atoms with Crippen LogP contribution in [0.15, 0.2) is 0 Å². The molecule has 19 heavy (non-hydrogen) atoms. The zero-order chi connectivity index (χ0) is 13.7. The van der Waals surface area contributed by atoms with Gasteiger partial charge in [0, 0.05) is 5.97 Å². The van der Waals surface area contributed by atoms with Gasteiger partial charge in [-0.25, -0.2) is 0 Å². The minimum Gasteiger partial charge on any atom is -0.550 e. The third-order valence-corrected chi connectivity index (χ3v) is 3.78. The first kappa shape index (κ1) is 18.9. The minimum absolute atomic E-state index is 0. The van der Waals surface area contributed by atoms with Crippen molar-refractivity contribution in [2.75, 3.05) is 0 Å². The Morgan fingerprint density at radius 2 is 1.89 bits per heavy atom. The van der Waals surface area contributed by atoms with Gasteiger partial charge in [-0.05, 0) is 37.0 Å². The van der Waals surface area contributed by atoms with E-state index in [1.165, 1.54) is 6.42 Å². The third kappa shape index (κ3) is 6.77. The second-order valence-corrected chi connectivity index (χ2v) is 5.73. The minimum atomic E-state index is -1.20. The van der Waals surface area contributed by atoms with Crippen molar-refractivity contribution in [3.63, 3.8) is 0 Å². The molecule has 1 aliphatic rings. The number of ether oxygens (including phenoxy) is 1. The van der Waals surface area contributed by atoms with Crippen molar-refractivity contribution in [1.29, 1.82) is 0 Å². The van der Waals surface area contributed by atoms with E-state index >= 15 is 0 Å². The van der Waals surface area contributed by atoms with Gasteiger partial charge in [0.15, 0.2) is 0 Å². The third-order valence-electron chi connectivity index (χ3n) is 3.78. The second-order valence-electron chi connectivity index (χ2n) is 5.73. The molecule has 0 radical (unpaired) electrons. The molecule has 1 aliphatic carbocycles. The molecular weight excluding hydrogens is 255 g/mol. The summed E-state index contributed by atoms with van der Waals surface area (Å²) in [6.45, 7) is 6.45. The van der Waals surface area contributed by atoms with Crippen molar-refractivity contribution in [3.05, 3.63) is 0 Å². The molecule has 1 saturated carbocycles. The maximum atomic E-state index is 11.6. The topological polar surface area (TPSA) is 66.4 Å². The summed E-state index contributed by atoms with van der Waals surface area (Å²) in [6, 6.07) is 0. The molecule has 0 aromatic rings. The first-order valence-corrected chi connectivity index (χ1v) is 6.79. The molecule has 0 aliphatic heterocycles. The van der Waals surface area contributed by atoms with Crippen LogP contribution < -0.4 is 34.7 Å². The maximum absolute atomic E-state index is 11.6. The van der Waals surface area contributed by atoms with E-state index in [2.05, 4.69) is 20.8 Å². The molecule has 4 nitrogen and oxygen atoms in total. The van der Waals surface area contributed by atoms with E-state index in [0.717, 1.165) is 12.8 Å². The van der Waals surface area contributed by atoms with Crippen molar-refractivity contribution in [2.24, 2.45) is 17.8 Å². The molecule has 0 heterocycles. The standard InChI is InChI=1S/C14H24O4.Na/c1-9(2)11-5-4-10(3)8-12(11)18-14(17)7-6-13(15)16;/h9-12H,4-8H2,1-3H3,(H,15,16);/q;+1/p-1/t10-,11+,12-;/m1./s1. The number of rotatable bonds is 5. The van der Waals surface area contributed by atoms with E-state index in [0.29, 0.717) is 17.8 Å². The number of hydrogen-bond acceptors (Lipinski definition) is 4. The summed E-state index contributed by atoms with van der Waals surface area (Å²) in [5, 5.41) is 10.3. The van der Waals surface area contributed by atoms with Crippen LogP contribution in [0.25, 0.3) is 0 Å². The Hall–Kier alpha value is -0.0600. The summed E-state index contributed by atoms with van der Waals surface area (Å²) < 4.78 is 5.46. The molecule has 5 heteroatoms. The largest absolute Gasteiger partial charge is 1.00 e. The molecule has 0 unspecified atom stereocenters. The zero-order valence-corrected chi connectivity index (χ0v) is 14.5. The van der Waals surface area contributed by atoms with Gasteiger partial charge in [0.05, 0.1) is 6.42 Å². The Morgan fingerprint density at radius 1 is 1.26 bits per heavy atom. The van der Waals surface area contributed by atoms with Crippen LogP contribution in [-0.4, -0.2) is 18.0 Å². The van der Waals surface area contributed by atoms with Crippen molar-refractivity contribution < 1.29 is 49.0 Å².